The van der Waals surface area contributed by atoms with Gasteiger partial charge in [-0.3, -0.25) is 0 Å². The summed E-state index contributed by atoms with van der Waals surface area (Å²) in [4.78, 5) is 0.409. The van der Waals surface area contributed by atoms with E-state index >= 15 is 0 Å². The van der Waals surface area contributed by atoms with E-state index in [1.54, 1.807) is 22.5 Å². The van der Waals surface area contributed by atoms with Gasteiger partial charge in [-0.2, -0.15) is 4.31 Å². The zero-order valence-corrected chi connectivity index (χ0v) is 13.9. The highest BCUT2D eigenvalue weighted by Crippen LogP contribution is 2.38. The van der Waals surface area contributed by atoms with Crippen molar-refractivity contribution in [3.63, 3.8) is 0 Å². The molecule has 2 atom stereocenters. The van der Waals surface area contributed by atoms with Gasteiger partial charge in [0, 0.05) is 17.1 Å². The van der Waals surface area contributed by atoms with Crippen LogP contribution < -0.4 is 0 Å². The third kappa shape index (κ3) is 2.55. The van der Waals surface area contributed by atoms with Crippen molar-refractivity contribution in [2.75, 3.05) is 6.54 Å². The van der Waals surface area contributed by atoms with Crippen LogP contribution in [0, 0.1) is 5.92 Å². The monoisotopic (exact) mass is 357 g/mol. The van der Waals surface area contributed by atoms with Crippen LogP contribution >= 0.6 is 15.9 Å². The molecule has 1 aromatic rings. The van der Waals surface area contributed by atoms with Crippen molar-refractivity contribution in [1.82, 2.24) is 4.31 Å². The second-order valence-electron chi connectivity index (χ2n) is 5.80. The fourth-order valence-corrected chi connectivity index (χ4v) is 6.38. The normalized spacial score (nSPS) is 28.1. The maximum absolute atomic E-state index is 13.0. The zero-order valence-electron chi connectivity index (χ0n) is 11.5. The standard InChI is InChI=1S/C15H20BrNO2S/c16-13-8-2-4-10-15(13)20(18,19)17-11-5-7-12-6-1-3-9-14(12)17/h2,4,8,10,12,14H,1,3,5-7,9,11H2/t12-,14-/m1/s1. The number of hydrogen-bond acceptors (Lipinski definition) is 2. The first-order chi connectivity index (χ1) is 9.60. The van der Waals surface area contributed by atoms with Crippen LogP contribution in [0.2, 0.25) is 0 Å². The summed E-state index contributed by atoms with van der Waals surface area (Å²) in [6.45, 7) is 0.671. The predicted octanol–water partition coefficient (Wildman–Crippen LogP) is 3.79. The summed E-state index contributed by atoms with van der Waals surface area (Å²) in [5.41, 5.74) is 0. The van der Waals surface area contributed by atoms with Crippen LogP contribution in [0.25, 0.3) is 0 Å². The van der Waals surface area contributed by atoms with Crippen molar-refractivity contribution in [1.29, 1.82) is 0 Å². The van der Waals surface area contributed by atoms with Gasteiger partial charge in [0.15, 0.2) is 0 Å². The minimum absolute atomic E-state index is 0.217. The number of rotatable bonds is 2. The number of sulfonamides is 1. The van der Waals surface area contributed by atoms with Gasteiger partial charge in [-0.15, -0.1) is 0 Å². The smallest absolute Gasteiger partial charge is 0.207 e. The van der Waals surface area contributed by atoms with E-state index in [0.29, 0.717) is 21.8 Å². The van der Waals surface area contributed by atoms with E-state index in [1.165, 1.54) is 19.3 Å². The maximum Gasteiger partial charge on any atom is 0.244 e. The molecule has 0 spiro atoms. The summed E-state index contributed by atoms with van der Waals surface area (Å²) < 4.78 is 28.4. The highest BCUT2D eigenvalue weighted by molar-refractivity contribution is 9.10. The Bertz CT molecular complexity index is 585. The van der Waals surface area contributed by atoms with Crippen molar-refractivity contribution in [3.05, 3.63) is 28.7 Å². The Hall–Kier alpha value is -0.390. The SMILES string of the molecule is O=S(=O)(c1ccccc1Br)N1CCC[C@H]2CCCC[C@H]21. The molecule has 1 aromatic carbocycles. The molecule has 1 saturated carbocycles. The molecule has 0 N–H and O–H groups in total. The first kappa shape index (κ1) is 14.5. The van der Waals surface area contributed by atoms with Gasteiger partial charge in [-0.05, 0) is 59.7 Å². The van der Waals surface area contributed by atoms with Crippen LogP contribution in [0.5, 0.6) is 0 Å². The average molecular weight is 358 g/mol. The molecule has 5 heteroatoms. The maximum atomic E-state index is 13.0. The number of piperidine rings is 1. The molecule has 0 amide bonds. The van der Waals surface area contributed by atoms with Gasteiger partial charge in [0.25, 0.3) is 0 Å². The first-order valence-electron chi connectivity index (χ1n) is 7.37. The molecule has 2 aliphatic rings. The predicted molar refractivity (Wildman–Crippen MR) is 83.0 cm³/mol. The second kappa shape index (κ2) is 5.78. The highest BCUT2D eigenvalue weighted by atomic mass is 79.9. The molecule has 0 unspecified atom stereocenters. The Balaban J connectivity index is 1.96. The molecule has 1 aliphatic carbocycles. The average Bonchev–Trinajstić information content (AvgIpc) is 2.47. The molecule has 2 fully saturated rings. The number of nitrogens with zero attached hydrogens (tertiary/aromatic N) is 1. The van der Waals surface area contributed by atoms with E-state index in [1.807, 2.05) is 6.07 Å². The van der Waals surface area contributed by atoms with E-state index in [0.717, 1.165) is 19.3 Å². The lowest BCUT2D eigenvalue weighted by molar-refractivity contribution is 0.129. The van der Waals surface area contributed by atoms with E-state index in [2.05, 4.69) is 15.9 Å². The fourth-order valence-electron chi connectivity index (χ4n) is 3.66. The van der Waals surface area contributed by atoms with Gasteiger partial charge in [0.2, 0.25) is 10.0 Å². The van der Waals surface area contributed by atoms with Crippen molar-refractivity contribution >= 4 is 26.0 Å². The van der Waals surface area contributed by atoms with Crippen LogP contribution in [0.15, 0.2) is 33.6 Å². The summed E-state index contributed by atoms with van der Waals surface area (Å²) in [7, 11) is -3.38. The number of fused-ring (bicyclic) bond motifs is 1. The van der Waals surface area contributed by atoms with Crippen molar-refractivity contribution in [3.8, 4) is 0 Å². The van der Waals surface area contributed by atoms with Gasteiger partial charge in [-0.1, -0.05) is 25.0 Å². The molecule has 0 bridgehead atoms. The molecule has 1 heterocycles. The Morgan fingerprint density at radius 2 is 1.75 bits per heavy atom. The number of halogens is 1. The molecule has 3 nitrogen and oxygen atoms in total. The van der Waals surface area contributed by atoms with E-state index in [4.69, 9.17) is 0 Å². The second-order valence-corrected chi connectivity index (χ2v) is 8.51. The molecule has 0 radical (unpaired) electrons. The van der Waals surface area contributed by atoms with Crippen LogP contribution in [0.1, 0.15) is 38.5 Å². The topological polar surface area (TPSA) is 37.4 Å². The van der Waals surface area contributed by atoms with Crippen LogP contribution in [0.4, 0.5) is 0 Å². The Kier molecular flexibility index (Phi) is 4.20. The van der Waals surface area contributed by atoms with Crippen LogP contribution in [-0.4, -0.2) is 25.3 Å². The van der Waals surface area contributed by atoms with Crippen LogP contribution in [0.3, 0.4) is 0 Å². The quantitative estimate of drug-likeness (QED) is 0.807. The molecular weight excluding hydrogens is 338 g/mol. The molecular formula is C15H20BrNO2S. The molecule has 1 aliphatic heterocycles. The molecule has 1 saturated heterocycles. The largest absolute Gasteiger partial charge is 0.244 e. The zero-order chi connectivity index (χ0) is 14.2. The third-order valence-corrected chi connectivity index (χ3v) is 7.55. The third-order valence-electron chi connectivity index (χ3n) is 4.62. The Morgan fingerprint density at radius 3 is 2.55 bits per heavy atom. The summed E-state index contributed by atoms with van der Waals surface area (Å²) in [6, 6.07) is 7.36. The molecule has 20 heavy (non-hydrogen) atoms. The molecule has 110 valence electrons. The van der Waals surface area contributed by atoms with Gasteiger partial charge >= 0.3 is 0 Å². The van der Waals surface area contributed by atoms with Gasteiger partial charge in [-0.25, -0.2) is 8.42 Å². The Labute approximate surface area is 129 Å². The first-order valence-corrected chi connectivity index (χ1v) is 9.60. The van der Waals surface area contributed by atoms with Crippen LogP contribution in [-0.2, 0) is 10.0 Å². The number of benzene rings is 1. The lowest BCUT2D eigenvalue weighted by Crippen LogP contribution is -2.49. The summed E-state index contributed by atoms with van der Waals surface area (Å²) >= 11 is 3.38. The van der Waals surface area contributed by atoms with E-state index < -0.39 is 10.0 Å². The Morgan fingerprint density at radius 1 is 1.05 bits per heavy atom. The van der Waals surface area contributed by atoms with Gasteiger partial charge < -0.3 is 0 Å². The van der Waals surface area contributed by atoms with Crippen molar-refractivity contribution in [2.45, 2.75) is 49.5 Å². The summed E-state index contributed by atoms with van der Waals surface area (Å²) in [5, 5.41) is 0. The molecule has 0 aromatic heterocycles. The lowest BCUT2D eigenvalue weighted by atomic mass is 9.79. The lowest BCUT2D eigenvalue weighted by Gasteiger charge is -2.43. The van der Waals surface area contributed by atoms with Gasteiger partial charge in [0.1, 0.15) is 0 Å². The van der Waals surface area contributed by atoms with E-state index in [9.17, 15) is 8.42 Å². The fraction of sp³-hybridized carbons (Fsp3) is 0.600. The summed E-state index contributed by atoms with van der Waals surface area (Å²) in [6.07, 6.45) is 6.80. The highest BCUT2D eigenvalue weighted by Gasteiger charge is 2.40. The molecule has 3 rings (SSSR count). The van der Waals surface area contributed by atoms with Gasteiger partial charge in [0.05, 0.1) is 4.90 Å². The summed E-state index contributed by atoms with van der Waals surface area (Å²) in [5.74, 6) is 0.565. The number of hydrogen-bond donors (Lipinski definition) is 0. The van der Waals surface area contributed by atoms with Crippen molar-refractivity contribution in [2.24, 2.45) is 5.92 Å². The van der Waals surface area contributed by atoms with Crippen molar-refractivity contribution < 1.29 is 8.42 Å². The minimum Gasteiger partial charge on any atom is -0.207 e. The minimum atomic E-state index is -3.38. The van der Waals surface area contributed by atoms with E-state index in [-0.39, 0.29) is 6.04 Å².